The lowest BCUT2D eigenvalue weighted by molar-refractivity contribution is 0.0943. The van der Waals surface area contributed by atoms with E-state index in [2.05, 4.69) is 50.3 Å². The molecule has 1 aromatic heterocycles. The molecular weight excluding hydrogens is 264 g/mol. The lowest BCUT2D eigenvalue weighted by Gasteiger charge is -2.44. The van der Waals surface area contributed by atoms with Crippen molar-refractivity contribution in [1.82, 2.24) is 10.3 Å². The molecule has 0 spiro atoms. The van der Waals surface area contributed by atoms with Crippen LogP contribution < -0.4 is 5.32 Å². The minimum Gasteiger partial charge on any atom is -0.314 e. The summed E-state index contributed by atoms with van der Waals surface area (Å²) in [5, 5.41) is 7.18. The van der Waals surface area contributed by atoms with Crippen LogP contribution in [0.2, 0.25) is 0 Å². The highest BCUT2D eigenvalue weighted by Crippen LogP contribution is 2.42. The van der Waals surface area contributed by atoms with Crippen molar-refractivity contribution in [2.75, 3.05) is 6.54 Å². The van der Waals surface area contributed by atoms with Crippen LogP contribution in [0.4, 0.5) is 0 Å². The van der Waals surface area contributed by atoms with Crippen molar-refractivity contribution >= 4 is 11.3 Å². The number of nitrogens with zero attached hydrogens (tertiary/aromatic N) is 1. The highest BCUT2D eigenvalue weighted by atomic mass is 32.1. The van der Waals surface area contributed by atoms with Gasteiger partial charge in [-0.25, -0.2) is 4.98 Å². The first-order valence-corrected chi connectivity index (χ1v) is 8.94. The molecule has 1 aliphatic carbocycles. The van der Waals surface area contributed by atoms with Crippen LogP contribution in [0.1, 0.15) is 57.7 Å². The summed E-state index contributed by atoms with van der Waals surface area (Å²) in [5.41, 5.74) is 1.61. The smallest absolute Gasteiger partial charge is 0.0897 e. The Bertz CT molecular complexity index is 424. The molecule has 0 bridgehead atoms. The molecular formula is C17H30N2S. The highest BCUT2D eigenvalue weighted by molar-refractivity contribution is 7.09. The van der Waals surface area contributed by atoms with Crippen molar-refractivity contribution in [3.8, 4) is 0 Å². The van der Waals surface area contributed by atoms with E-state index in [1.165, 1.54) is 30.0 Å². The van der Waals surface area contributed by atoms with E-state index >= 15 is 0 Å². The summed E-state index contributed by atoms with van der Waals surface area (Å²) in [7, 11) is 0. The second-order valence-corrected chi connectivity index (χ2v) is 8.27. The van der Waals surface area contributed by atoms with E-state index < -0.39 is 0 Å². The third kappa shape index (κ3) is 3.82. The zero-order valence-electron chi connectivity index (χ0n) is 13.7. The summed E-state index contributed by atoms with van der Waals surface area (Å²) in [6, 6.07) is 0.679. The SMILES string of the molecule is CCNC1CC(C)CCC1C(C)(C)Cc1csc(C)n1. The molecule has 1 fully saturated rings. The average Bonchev–Trinajstić information content (AvgIpc) is 2.74. The van der Waals surface area contributed by atoms with Crippen LogP contribution in [0.25, 0.3) is 0 Å². The third-order valence-electron chi connectivity index (χ3n) is 4.89. The Morgan fingerprint density at radius 2 is 2.15 bits per heavy atom. The van der Waals surface area contributed by atoms with Crippen molar-refractivity contribution in [3.63, 3.8) is 0 Å². The fraction of sp³-hybridized carbons (Fsp3) is 0.824. The van der Waals surface area contributed by atoms with Crippen LogP contribution in [-0.2, 0) is 6.42 Å². The van der Waals surface area contributed by atoms with Gasteiger partial charge in [-0.15, -0.1) is 11.3 Å². The predicted molar refractivity (Wildman–Crippen MR) is 88.3 cm³/mol. The molecule has 2 rings (SSSR count). The summed E-state index contributed by atoms with van der Waals surface area (Å²) in [6.07, 6.45) is 5.18. The van der Waals surface area contributed by atoms with Gasteiger partial charge in [-0.3, -0.25) is 0 Å². The maximum Gasteiger partial charge on any atom is 0.0897 e. The molecule has 0 aromatic carbocycles. The molecule has 1 heterocycles. The molecule has 0 radical (unpaired) electrons. The molecule has 1 N–H and O–H groups in total. The van der Waals surface area contributed by atoms with E-state index in [4.69, 9.17) is 0 Å². The number of nitrogens with one attached hydrogen (secondary N) is 1. The Balaban J connectivity index is 2.09. The fourth-order valence-electron chi connectivity index (χ4n) is 3.89. The van der Waals surface area contributed by atoms with Crippen LogP contribution in [0.15, 0.2) is 5.38 Å². The van der Waals surface area contributed by atoms with Crippen molar-refractivity contribution in [1.29, 1.82) is 0 Å². The summed E-state index contributed by atoms with van der Waals surface area (Å²) < 4.78 is 0. The lowest BCUT2D eigenvalue weighted by atomic mass is 9.64. The Kier molecular flexibility index (Phi) is 5.25. The number of aryl methyl sites for hydroxylation is 1. The molecule has 0 aliphatic heterocycles. The molecule has 1 saturated carbocycles. The number of thiazole rings is 1. The van der Waals surface area contributed by atoms with Gasteiger partial charge in [-0.05, 0) is 50.0 Å². The molecule has 2 nitrogen and oxygen atoms in total. The Morgan fingerprint density at radius 3 is 2.75 bits per heavy atom. The van der Waals surface area contributed by atoms with E-state index in [0.717, 1.165) is 24.8 Å². The summed E-state index contributed by atoms with van der Waals surface area (Å²) in [5.74, 6) is 1.63. The fourth-order valence-corrected chi connectivity index (χ4v) is 4.50. The minimum absolute atomic E-state index is 0.327. The minimum atomic E-state index is 0.327. The van der Waals surface area contributed by atoms with Crippen molar-refractivity contribution < 1.29 is 0 Å². The van der Waals surface area contributed by atoms with Crippen LogP contribution >= 0.6 is 11.3 Å². The Labute approximate surface area is 128 Å². The first-order valence-electron chi connectivity index (χ1n) is 8.06. The maximum absolute atomic E-state index is 4.67. The molecule has 114 valence electrons. The van der Waals surface area contributed by atoms with Crippen molar-refractivity contribution in [2.45, 2.75) is 66.3 Å². The van der Waals surface area contributed by atoms with E-state index in [-0.39, 0.29) is 0 Å². The van der Waals surface area contributed by atoms with Gasteiger partial charge in [0.15, 0.2) is 0 Å². The molecule has 1 aliphatic rings. The van der Waals surface area contributed by atoms with E-state index in [9.17, 15) is 0 Å². The van der Waals surface area contributed by atoms with E-state index in [0.29, 0.717) is 11.5 Å². The Hall–Kier alpha value is -0.410. The molecule has 3 unspecified atom stereocenters. The highest BCUT2D eigenvalue weighted by Gasteiger charge is 2.38. The monoisotopic (exact) mass is 294 g/mol. The molecule has 0 saturated heterocycles. The average molecular weight is 295 g/mol. The first kappa shape index (κ1) is 16.0. The molecule has 1 aromatic rings. The van der Waals surface area contributed by atoms with Crippen molar-refractivity contribution in [3.05, 3.63) is 16.1 Å². The number of hydrogen-bond donors (Lipinski definition) is 1. The number of rotatable bonds is 5. The zero-order valence-corrected chi connectivity index (χ0v) is 14.5. The summed E-state index contributed by atoms with van der Waals surface area (Å²) in [4.78, 5) is 4.67. The predicted octanol–water partition coefficient (Wildman–Crippen LogP) is 4.43. The molecule has 3 atom stereocenters. The summed E-state index contributed by atoms with van der Waals surface area (Å²) in [6.45, 7) is 12.7. The largest absolute Gasteiger partial charge is 0.314 e. The first-order chi connectivity index (χ1) is 9.42. The normalized spacial score (nSPS) is 27.8. The van der Waals surface area contributed by atoms with Crippen LogP contribution in [0, 0.1) is 24.2 Å². The standard InChI is InChI=1S/C17H30N2S/c1-6-18-16-9-12(2)7-8-15(16)17(4,5)10-14-11-20-13(3)19-14/h11-12,15-16,18H,6-10H2,1-5H3. The van der Waals surface area contributed by atoms with Gasteiger partial charge in [0.25, 0.3) is 0 Å². The third-order valence-corrected chi connectivity index (χ3v) is 5.71. The molecule has 3 heteroatoms. The van der Waals surface area contributed by atoms with Crippen LogP contribution in [0.5, 0.6) is 0 Å². The van der Waals surface area contributed by atoms with Crippen LogP contribution in [0.3, 0.4) is 0 Å². The second-order valence-electron chi connectivity index (χ2n) is 7.21. The molecule has 0 amide bonds. The zero-order chi connectivity index (χ0) is 14.8. The topological polar surface area (TPSA) is 24.9 Å². The van der Waals surface area contributed by atoms with Gasteiger partial charge < -0.3 is 5.32 Å². The quantitative estimate of drug-likeness (QED) is 0.868. The van der Waals surface area contributed by atoms with Gasteiger partial charge in [0.1, 0.15) is 0 Å². The van der Waals surface area contributed by atoms with E-state index in [1.54, 1.807) is 11.3 Å². The number of hydrogen-bond acceptors (Lipinski definition) is 3. The van der Waals surface area contributed by atoms with Crippen molar-refractivity contribution in [2.24, 2.45) is 17.3 Å². The van der Waals surface area contributed by atoms with Crippen LogP contribution in [-0.4, -0.2) is 17.6 Å². The van der Waals surface area contributed by atoms with Gasteiger partial charge in [0.05, 0.1) is 10.7 Å². The van der Waals surface area contributed by atoms with Gasteiger partial charge in [-0.1, -0.05) is 34.1 Å². The lowest BCUT2D eigenvalue weighted by Crippen LogP contribution is -2.47. The Morgan fingerprint density at radius 1 is 1.40 bits per heavy atom. The van der Waals surface area contributed by atoms with E-state index in [1.807, 2.05) is 0 Å². The molecule has 20 heavy (non-hydrogen) atoms. The van der Waals surface area contributed by atoms with Gasteiger partial charge in [0.2, 0.25) is 0 Å². The van der Waals surface area contributed by atoms with Gasteiger partial charge in [0, 0.05) is 11.4 Å². The van der Waals surface area contributed by atoms with Gasteiger partial charge in [-0.2, -0.15) is 0 Å². The summed E-state index contributed by atoms with van der Waals surface area (Å²) >= 11 is 1.78. The maximum atomic E-state index is 4.67. The second kappa shape index (κ2) is 6.57. The number of aromatic nitrogens is 1. The van der Waals surface area contributed by atoms with Gasteiger partial charge >= 0.3 is 0 Å².